The monoisotopic (exact) mass is 356 g/mol. The van der Waals surface area contributed by atoms with E-state index in [4.69, 9.17) is 0 Å². The smallest absolute Gasteiger partial charge is 0.131 e. The maximum Gasteiger partial charge on any atom is 0.131 e. The Labute approximate surface area is 156 Å². The molecule has 2 aromatic carbocycles. The summed E-state index contributed by atoms with van der Waals surface area (Å²) in [5.74, 6) is -0.371. The van der Waals surface area contributed by atoms with E-state index in [1.165, 1.54) is 42.2 Å². The Balaban J connectivity index is 2.16. The lowest BCUT2D eigenvalue weighted by Crippen LogP contribution is -2.17. The standard InChI is InChI=1S/C24H30F2/c1-23(2,3)15-16-8-10-18(20-14-17(25)9-11-22(20)26)19(13-16)21-7-6-12-24(21,4)5/h8-11,13-14,21H,6-7,12,15H2,1-5H3/t21-/m1/s1. The minimum Gasteiger partial charge on any atom is -0.207 e. The van der Waals surface area contributed by atoms with Crippen LogP contribution in [0.15, 0.2) is 36.4 Å². The van der Waals surface area contributed by atoms with Crippen LogP contribution in [0.1, 0.15) is 70.9 Å². The van der Waals surface area contributed by atoms with Crippen LogP contribution in [0.3, 0.4) is 0 Å². The molecule has 0 heterocycles. The van der Waals surface area contributed by atoms with Gasteiger partial charge in [-0.05, 0) is 70.9 Å². The molecule has 2 heteroatoms. The molecule has 1 aliphatic rings. The van der Waals surface area contributed by atoms with E-state index in [-0.39, 0.29) is 16.6 Å². The molecule has 0 unspecified atom stereocenters. The van der Waals surface area contributed by atoms with Gasteiger partial charge in [-0.1, -0.05) is 59.2 Å². The highest BCUT2D eigenvalue weighted by atomic mass is 19.1. The molecule has 0 amide bonds. The van der Waals surface area contributed by atoms with E-state index < -0.39 is 5.82 Å². The molecule has 0 radical (unpaired) electrons. The van der Waals surface area contributed by atoms with Gasteiger partial charge in [0.05, 0.1) is 0 Å². The Kier molecular flexibility index (Phi) is 4.98. The maximum absolute atomic E-state index is 14.5. The molecule has 1 atom stereocenters. The van der Waals surface area contributed by atoms with Gasteiger partial charge in [0.15, 0.2) is 0 Å². The van der Waals surface area contributed by atoms with E-state index >= 15 is 0 Å². The summed E-state index contributed by atoms with van der Waals surface area (Å²) in [7, 11) is 0. The SMILES string of the molecule is CC(C)(C)Cc1ccc(-c2cc(F)ccc2F)c([C@H]2CCCC2(C)C)c1. The fourth-order valence-corrected chi connectivity index (χ4v) is 4.48. The van der Waals surface area contributed by atoms with Crippen LogP contribution in [0.2, 0.25) is 0 Å². The fraction of sp³-hybridized carbons (Fsp3) is 0.500. The van der Waals surface area contributed by atoms with Crippen LogP contribution >= 0.6 is 0 Å². The first-order valence-corrected chi connectivity index (χ1v) is 9.65. The maximum atomic E-state index is 14.5. The molecule has 140 valence electrons. The summed E-state index contributed by atoms with van der Waals surface area (Å²) in [4.78, 5) is 0. The normalized spacial score (nSPS) is 19.7. The van der Waals surface area contributed by atoms with E-state index in [1.54, 1.807) is 0 Å². The van der Waals surface area contributed by atoms with Crippen LogP contribution in [0.25, 0.3) is 11.1 Å². The first-order valence-electron chi connectivity index (χ1n) is 9.65. The van der Waals surface area contributed by atoms with Crippen molar-refractivity contribution in [2.75, 3.05) is 0 Å². The third-order valence-corrected chi connectivity index (χ3v) is 5.70. The summed E-state index contributed by atoms with van der Waals surface area (Å²) in [6.07, 6.45) is 4.44. The van der Waals surface area contributed by atoms with Gasteiger partial charge in [-0.25, -0.2) is 8.78 Å². The lowest BCUT2D eigenvalue weighted by molar-refractivity contribution is 0.332. The highest BCUT2D eigenvalue weighted by molar-refractivity contribution is 5.69. The molecular formula is C24H30F2. The van der Waals surface area contributed by atoms with Gasteiger partial charge in [-0.15, -0.1) is 0 Å². The number of benzene rings is 2. The van der Waals surface area contributed by atoms with Crippen molar-refractivity contribution in [1.29, 1.82) is 0 Å². The lowest BCUT2D eigenvalue weighted by Gasteiger charge is -2.30. The number of halogens is 2. The van der Waals surface area contributed by atoms with E-state index in [0.29, 0.717) is 11.5 Å². The van der Waals surface area contributed by atoms with E-state index in [0.717, 1.165) is 18.4 Å². The van der Waals surface area contributed by atoms with Crippen molar-refractivity contribution < 1.29 is 8.78 Å². The Bertz CT molecular complexity index is 796. The second kappa shape index (κ2) is 6.79. The summed E-state index contributed by atoms with van der Waals surface area (Å²) in [5.41, 5.74) is 4.05. The molecule has 1 fully saturated rings. The number of hydrogen-bond acceptors (Lipinski definition) is 0. The Morgan fingerprint density at radius 3 is 2.35 bits per heavy atom. The summed E-state index contributed by atoms with van der Waals surface area (Å²) in [6, 6.07) is 10.1. The van der Waals surface area contributed by atoms with Crippen molar-refractivity contribution in [1.82, 2.24) is 0 Å². The topological polar surface area (TPSA) is 0 Å². The van der Waals surface area contributed by atoms with Crippen molar-refractivity contribution in [2.24, 2.45) is 10.8 Å². The molecule has 3 rings (SSSR count). The molecule has 1 saturated carbocycles. The molecule has 0 nitrogen and oxygen atoms in total. The third-order valence-electron chi connectivity index (χ3n) is 5.70. The fourth-order valence-electron chi connectivity index (χ4n) is 4.48. The molecule has 0 aliphatic heterocycles. The quantitative estimate of drug-likeness (QED) is 0.533. The molecule has 0 spiro atoms. The molecule has 2 aromatic rings. The molecule has 0 bridgehead atoms. The first kappa shape index (κ1) is 19.1. The van der Waals surface area contributed by atoms with Gasteiger partial charge < -0.3 is 0 Å². The largest absolute Gasteiger partial charge is 0.207 e. The van der Waals surface area contributed by atoms with Crippen LogP contribution in [0.5, 0.6) is 0 Å². The predicted molar refractivity (Wildman–Crippen MR) is 105 cm³/mol. The average molecular weight is 357 g/mol. The van der Waals surface area contributed by atoms with Crippen molar-refractivity contribution in [2.45, 2.75) is 66.2 Å². The third kappa shape index (κ3) is 4.00. The molecule has 0 N–H and O–H groups in total. The number of rotatable bonds is 3. The average Bonchev–Trinajstić information content (AvgIpc) is 2.87. The van der Waals surface area contributed by atoms with Gasteiger partial charge >= 0.3 is 0 Å². The van der Waals surface area contributed by atoms with Gasteiger partial charge in [-0.2, -0.15) is 0 Å². The second-order valence-electron chi connectivity index (χ2n) is 9.72. The second-order valence-corrected chi connectivity index (χ2v) is 9.72. The summed E-state index contributed by atoms with van der Waals surface area (Å²) >= 11 is 0. The summed E-state index contributed by atoms with van der Waals surface area (Å²) in [6.45, 7) is 11.3. The van der Waals surface area contributed by atoms with Crippen molar-refractivity contribution in [3.05, 3.63) is 59.2 Å². The molecule has 1 aliphatic carbocycles. The van der Waals surface area contributed by atoms with Crippen molar-refractivity contribution in [3.8, 4) is 11.1 Å². The van der Waals surface area contributed by atoms with Crippen molar-refractivity contribution >= 4 is 0 Å². The highest BCUT2D eigenvalue weighted by Gasteiger charge is 2.37. The van der Waals surface area contributed by atoms with E-state index in [2.05, 4.69) is 46.8 Å². The van der Waals surface area contributed by atoms with Crippen LogP contribution in [-0.4, -0.2) is 0 Å². The minimum absolute atomic E-state index is 0.179. The zero-order chi connectivity index (χ0) is 19.1. The number of hydrogen-bond donors (Lipinski definition) is 0. The summed E-state index contributed by atoms with van der Waals surface area (Å²) < 4.78 is 28.3. The van der Waals surface area contributed by atoms with Crippen LogP contribution < -0.4 is 0 Å². The summed E-state index contributed by atoms with van der Waals surface area (Å²) in [5, 5.41) is 0. The molecule has 0 aromatic heterocycles. The zero-order valence-electron chi connectivity index (χ0n) is 16.6. The van der Waals surface area contributed by atoms with E-state index in [1.807, 2.05) is 6.07 Å². The van der Waals surface area contributed by atoms with Crippen LogP contribution in [-0.2, 0) is 6.42 Å². The first-order chi connectivity index (χ1) is 12.1. The molecule has 26 heavy (non-hydrogen) atoms. The van der Waals surface area contributed by atoms with Crippen LogP contribution in [0, 0.1) is 22.5 Å². The lowest BCUT2D eigenvalue weighted by atomic mass is 9.74. The van der Waals surface area contributed by atoms with Gasteiger partial charge in [0.1, 0.15) is 11.6 Å². The Morgan fingerprint density at radius 1 is 1.00 bits per heavy atom. The molecular weight excluding hydrogens is 326 g/mol. The zero-order valence-corrected chi connectivity index (χ0v) is 16.6. The molecule has 0 saturated heterocycles. The Hall–Kier alpha value is -1.70. The van der Waals surface area contributed by atoms with Crippen molar-refractivity contribution in [3.63, 3.8) is 0 Å². The minimum atomic E-state index is -0.392. The van der Waals surface area contributed by atoms with Gasteiger partial charge in [-0.3, -0.25) is 0 Å². The highest BCUT2D eigenvalue weighted by Crippen LogP contribution is 2.51. The van der Waals surface area contributed by atoms with Gasteiger partial charge in [0, 0.05) is 5.56 Å². The van der Waals surface area contributed by atoms with Gasteiger partial charge in [0.2, 0.25) is 0 Å². The predicted octanol–water partition coefficient (Wildman–Crippen LogP) is 7.51. The van der Waals surface area contributed by atoms with Crippen LogP contribution in [0.4, 0.5) is 8.78 Å². The van der Waals surface area contributed by atoms with E-state index in [9.17, 15) is 8.78 Å². The van der Waals surface area contributed by atoms with Gasteiger partial charge in [0.25, 0.3) is 0 Å². The Morgan fingerprint density at radius 2 is 1.73 bits per heavy atom.